The predicted octanol–water partition coefficient (Wildman–Crippen LogP) is 2.64. The van der Waals surface area contributed by atoms with Crippen LogP contribution in [0, 0.1) is 6.92 Å². The van der Waals surface area contributed by atoms with Gasteiger partial charge >= 0.3 is 5.97 Å². The molecule has 1 heterocycles. The summed E-state index contributed by atoms with van der Waals surface area (Å²) in [6, 6.07) is 7.14. The third kappa shape index (κ3) is 4.78. The SMILES string of the molecule is COC(=O)c1cc(CNC(=O)CCc2ccc(OC)c(OC)c2)oc1C. The number of ether oxygens (including phenoxy) is 3. The summed E-state index contributed by atoms with van der Waals surface area (Å²) in [7, 11) is 4.46. The third-order valence-corrected chi connectivity index (χ3v) is 3.92. The fourth-order valence-corrected chi connectivity index (χ4v) is 2.51. The summed E-state index contributed by atoms with van der Waals surface area (Å²) < 4.78 is 20.6. The highest BCUT2D eigenvalue weighted by Gasteiger charge is 2.15. The summed E-state index contributed by atoms with van der Waals surface area (Å²) in [5, 5.41) is 2.78. The zero-order chi connectivity index (χ0) is 19.1. The minimum absolute atomic E-state index is 0.117. The highest BCUT2D eigenvalue weighted by molar-refractivity contribution is 5.90. The van der Waals surface area contributed by atoms with Gasteiger partial charge in [0.2, 0.25) is 5.91 Å². The highest BCUT2D eigenvalue weighted by Crippen LogP contribution is 2.27. The van der Waals surface area contributed by atoms with Gasteiger partial charge in [0.1, 0.15) is 17.1 Å². The van der Waals surface area contributed by atoms with Gasteiger partial charge in [0, 0.05) is 6.42 Å². The van der Waals surface area contributed by atoms with E-state index in [4.69, 9.17) is 13.9 Å². The zero-order valence-corrected chi connectivity index (χ0v) is 15.4. The minimum Gasteiger partial charge on any atom is -0.493 e. The molecular weight excluding hydrogens is 338 g/mol. The van der Waals surface area contributed by atoms with Crippen LogP contribution in [-0.4, -0.2) is 33.2 Å². The van der Waals surface area contributed by atoms with Crippen LogP contribution in [-0.2, 0) is 22.5 Å². The number of methoxy groups -OCH3 is 3. The number of aryl methyl sites for hydroxylation is 2. The molecule has 0 bridgehead atoms. The van der Waals surface area contributed by atoms with Crippen molar-refractivity contribution in [1.82, 2.24) is 5.32 Å². The molecule has 0 aliphatic heterocycles. The first-order valence-corrected chi connectivity index (χ1v) is 8.13. The molecule has 0 radical (unpaired) electrons. The van der Waals surface area contributed by atoms with Crippen molar-refractivity contribution >= 4 is 11.9 Å². The molecule has 0 saturated heterocycles. The number of carbonyl (C=O) groups is 2. The van der Waals surface area contributed by atoms with Gasteiger partial charge in [-0.2, -0.15) is 0 Å². The van der Waals surface area contributed by atoms with Crippen molar-refractivity contribution in [1.29, 1.82) is 0 Å². The molecule has 1 aromatic carbocycles. The van der Waals surface area contributed by atoms with E-state index >= 15 is 0 Å². The quantitative estimate of drug-likeness (QED) is 0.728. The molecule has 1 amide bonds. The molecule has 2 aromatic rings. The number of furan rings is 1. The Morgan fingerprint density at radius 2 is 1.81 bits per heavy atom. The number of carbonyl (C=O) groups excluding carboxylic acids is 2. The smallest absolute Gasteiger partial charge is 0.341 e. The number of esters is 1. The maximum absolute atomic E-state index is 12.0. The van der Waals surface area contributed by atoms with Crippen molar-refractivity contribution in [3.63, 3.8) is 0 Å². The van der Waals surface area contributed by atoms with Gasteiger partial charge in [-0.1, -0.05) is 6.07 Å². The molecule has 7 heteroatoms. The summed E-state index contributed by atoms with van der Waals surface area (Å²) in [4.78, 5) is 23.6. The second-order valence-corrected chi connectivity index (χ2v) is 5.64. The van der Waals surface area contributed by atoms with E-state index in [-0.39, 0.29) is 12.5 Å². The first kappa shape index (κ1) is 19.4. The Morgan fingerprint density at radius 1 is 1.08 bits per heavy atom. The van der Waals surface area contributed by atoms with Gasteiger partial charge in [-0.05, 0) is 37.1 Å². The Balaban J connectivity index is 1.87. The summed E-state index contributed by atoms with van der Waals surface area (Å²) in [6.07, 6.45) is 0.885. The minimum atomic E-state index is -0.461. The molecule has 0 atom stereocenters. The van der Waals surface area contributed by atoms with Crippen LogP contribution in [0.2, 0.25) is 0 Å². The summed E-state index contributed by atoms with van der Waals surface area (Å²) in [5.74, 6) is 1.67. The molecule has 0 aliphatic carbocycles. The van der Waals surface area contributed by atoms with Crippen LogP contribution in [0.5, 0.6) is 11.5 Å². The highest BCUT2D eigenvalue weighted by atomic mass is 16.5. The lowest BCUT2D eigenvalue weighted by molar-refractivity contribution is -0.121. The molecule has 140 valence electrons. The van der Waals surface area contributed by atoms with Gasteiger partial charge < -0.3 is 23.9 Å². The first-order chi connectivity index (χ1) is 12.5. The summed E-state index contributed by atoms with van der Waals surface area (Å²) in [6.45, 7) is 1.89. The Morgan fingerprint density at radius 3 is 2.46 bits per heavy atom. The van der Waals surface area contributed by atoms with E-state index in [9.17, 15) is 9.59 Å². The number of rotatable bonds is 8. The Bertz CT molecular complexity index is 780. The van der Waals surface area contributed by atoms with Gasteiger partial charge in [-0.15, -0.1) is 0 Å². The molecule has 1 N–H and O–H groups in total. The number of amides is 1. The molecule has 1 aromatic heterocycles. The maximum Gasteiger partial charge on any atom is 0.341 e. The lowest BCUT2D eigenvalue weighted by atomic mass is 10.1. The van der Waals surface area contributed by atoms with Crippen molar-refractivity contribution in [3.8, 4) is 11.5 Å². The molecule has 2 rings (SSSR count). The second-order valence-electron chi connectivity index (χ2n) is 5.64. The molecule has 0 saturated carbocycles. The molecule has 0 unspecified atom stereocenters. The lowest BCUT2D eigenvalue weighted by Gasteiger charge is -2.09. The molecular formula is C19H23NO6. The van der Waals surface area contributed by atoms with E-state index in [0.717, 1.165) is 5.56 Å². The summed E-state index contributed by atoms with van der Waals surface area (Å²) >= 11 is 0. The molecule has 7 nitrogen and oxygen atoms in total. The number of hydrogen-bond donors (Lipinski definition) is 1. The van der Waals surface area contributed by atoms with Crippen LogP contribution >= 0.6 is 0 Å². The first-order valence-electron chi connectivity index (χ1n) is 8.13. The molecule has 0 spiro atoms. The van der Waals surface area contributed by atoms with Gasteiger partial charge in [0.25, 0.3) is 0 Å². The van der Waals surface area contributed by atoms with Crippen LogP contribution < -0.4 is 14.8 Å². The van der Waals surface area contributed by atoms with E-state index in [1.54, 1.807) is 27.2 Å². The molecule has 0 aliphatic rings. The summed E-state index contributed by atoms with van der Waals surface area (Å²) in [5.41, 5.74) is 1.33. The monoisotopic (exact) mass is 361 g/mol. The fourth-order valence-electron chi connectivity index (χ4n) is 2.51. The molecule has 26 heavy (non-hydrogen) atoms. The van der Waals surface area contributed by atoms with Crippen molar-refractivity contribution in [2.75, 3.05) is 21.3 Å². The van der Waals surface area contributed by atoms with E-state index in [1.165, 1.54) is 7.11 Å². The van der Waals surface area contributed by atoms with E-state index < -0.39 is 5.97 Å². The largest absolute Gasteiger partial charge is 0.493 e. The standard InChI is InChI=1S/C19H23NO6/c1-12-15(19(22)25-4)10-14(26-12)11-20-18(21)8-6-13-5-7-16(23-2)17(9-13)24-3/h5,7,9-10H,6,8,11H2,1-4H3,(H,20,21). The predicted molar refractivity (Wildman–Crippen MR) is 94.5 cm³/mol. The van der Waals surface area contributed by atoms with Crippen molar-refractivity contribution in [2.45, 2.75) is 26.3 Å². The lowest BCUT2D eigenvalue weighted by Crippen LogP contribution is -2.22. The Kier molecular flexibility index (Phi) is 6.66. The van der Waals surface area contributed by atoms with E-state index in [1.807, 2.05) is 18.2 Å². The van der Waals surface area contributed by atoms with Gasteiger partial charge in [-0.25, -0.2) is 4.79 Å². The fraction of sp³-hybridized carbons (Fsp3) is 0.368. The number of nitrogens with one attached hydrogen (secondary N) is 1. The van der Waals surface area contributed by atoms with Crippen LogP contribution in [0.15, 0.2) is 28.7 Å². The van der Waals surface area contributed by atoms with Gasteiger partial charge in [0.05, 0.1) is 27.9 Å². The number of benzene rings is 1. The van der Waals surface area contributed by atoms with Crippen molar-refractivity contribution in [2.24, 2.45) is 0 Å². The second kappa shape index (κ2) is 8.94. The van der Waals surface area contributed by atoms with Crippen LogP contribution in [0.25, 0.3) is 0 Å². The average molecular weight is 361 g/mol. The van der Waals surface area contributed by atoms with Crippen LogP contribution in [0.4, 0.5) is 0 Å². The van der Waals surface area contributed by atoms with Crippen molar-refractivity contribution in [3.05, 3.63) is 46.9 Å². The molecule has 0 fully saturated rings. The topological polar surface area (TPSA) is 87.0 Å². The number of hydrogen-bond acceptors (Lipinski definition) is 6. The Hall–Kier alpha value is -2.96. The Labute approximate surface area is 152 Å². The normalized spacial score (nSPS) is 10.3. The van der Waals surface area contributed by atoms with Gasteiger partial charge in [0.15, 0.2) is 11.5 Å². The zero-order valence-electron chi connectivity index (χ0n) is 15.4. The van der Waals surface area contributed by atoms with Crippen LogP contribution in [0.3, 0.4) is 0 Å². The van der Waals surface area contributed by atoms with Crippen LogP contribution in [0.1, 0.15) is 33.9 Å². The third-order valence-electron chi connectivity index (χ3n) is 3.92. The maximum atomic E-state index is 12.0. The average Bonchev–Trinajstić information content (AvgIpc) is 3.04. The van der Waals surface area contributed by atoms with E-state index in [2.05, 4.69) is 10.1 Å². The van der Waals surface area contributed by atoms with Gasteiger partial charge in [-0.3, -0.25) is 4.79 Å². The van der Waals surface area contributed by atoms with Crippen molar-refractivity contribution < 1.29 is 28.2 Å². The van der Waals surface area contributed by atoms with E-state index in [0.29, 0.717) is 41.4 Å².